The van der Waals surface area contributed by atoms with Crippen molar-refractivity contribution in [3.05, 3.63) is 89.8 Å². The second-order valence-electron chi connectivity index (χ2n) is 13.6. The number of rotatable bonds is 11. The molecule has 9 nitrogen and oxygen atoms in total. The summed E-state index contributed by atoms with van der Waals surface area (Å²) in [5.41, 5.74) is 6.35. The molecule has 1 saturated heterocycles. The number of hydrogen-bond donors (Lipinski definition) is 3. The van der Waals surface area contributed by atoms with Gasteiger partial charge in [0.15, 0.2) is 0 Å². The molecule has 3 fully saturated rings. The fraction of sp³-hybridized carbons (Fsp3) is 0.486. The van der Waals surface area contributed by atoms with E-state index in [9.17, 15) is 9.90 Å². The van der Waals surface area contributed by atoms with Crippen LogP contribution in [0.1, 0.15) is 68.8 Å². The second-order valence-corrected chi connectivity index (χ2v) is 13.6. The van der Waals surface area contributed by atoms with Gasteiger partial charge in [-0.25, -0.2) is 9.78 Å². The monoisotopic (exact) mass is 598 g/mol. The highest BCUT2D eigenvalue weighted by atomic mass is 16.6. The third kappa shape index (κ3) is 7.21. The molecule has 4 aliphatic rings. The minimum atomic E-state index is -0.267. The normalized spacial score (nSPS) is 21.2. The van der Waals surface area contributed by atoms with E-state index in [1.165, 1.54) is 12.8 Å². The van der Waals surface area contributed by atoms with E-state index in [0.29, 0.717) is 31.6 Å². The third-order valence-electron chi connectivity index (χ3n) is 9.44. The number of dihydropyridines is 1. The summed E-state index contributed by atoms with van der Waals surface area (Å²) in [7, 11) is 2.02. The highest BCUT2D eigenvalue weighted by molar-refractivity contribution is 5.76. The van der Waals surface area contributed by atoms with Crippen molar-refractivity contribution < 1.29 is 14.6 Å². The number of piperazine rings is 1. The molecular weight excluding hydrogens is 552 g/mol. The van der Waals surface area contributed by atoms with Crippen LogP contribution in [0.15, 0.2) is 73.0 Å². The molecule has 2 aliphatic carbocycles. The number of carbonyl (C=O) groups excluding carboxylic acids is 1. The molecule has 1 amide bonds. The van der Waals surface area contributed by atoms with Crippen molar-refractivity contribution in [2.75, 3.05) is 32.7 Å². The Morgan fingerprint density at radius 3 is 2.61 bits per heavy atom. The number of carbonyl (C=O) groups is 1. The number of aromatic hydroxyl groups is 1. The minimum absolute atomic E-state index is 0.200. The Kier molecular flexibility index (Phi) is 8.33. The second kappa shape index (κ2) is 12.2. The molecule has 1 aromatic carbocycles. The summed E-state index contributed by atoms with van der Waals surface area (Å²) in [6, 6.07) is 5.44. The Hall–Kier alpha value is -3.98. The summed E-state index contributed by atoms with van der Waals surface area (Å²) in [4.78, 5) is 21.4. The number of ether oxygens (including phenoxy) is 1. The zero-order chi connectivity index (χ0) is 30.9. The molecule has 9 heteroatoms. The summed E-state index contributed by atoms with van der Waals surface area (Å²) < 4.78 is 7.76. The molecule has 1 atom stereocenters. The number of phenolic OH excluding ortho intramolecular Hbond substituents is 1. The lowest BCUT2D eigenvalue weighted by Gasteiger charge is -2.35. The lowest BCUT2D eigenvalue weighted by Crippen LogP contribution is -2.49. The van der Waals surface area contributed by atoms with Crippen molar-refractivity contribution in [1.29, 1.82) is 0 Å². The van der Waals surface area contributed by atoms with Crippen molar-refractivity contribution >= 4 is 11.7 Å². The molecule has 2 saturated carbocycles. The molecule has 6 rings (SSSR count). The standard InChI is InChI=1S/C35H46N6O3/c1-25(20-34(2)9-10-34)38-32(31-22-37-24-39(31)4)30(18-26-6-5-13-36-21-26)29-19-28(42)8-7-27(29)23-40-14-16-41(17-15-40)33(43)44-35(3)11-12-35/h5-8,13,18-19,22,24,32,36,38,42H,1,9-12,14-17,20-21,23H2,2-4H3/b30-18+. The van der Waals surface area contributed by atoms with Gasteiger partial charge in [-0.1, -0.05) is 31.7 Å². The Bertz CT molecular complexity index is 1490. The van der Waals surface area contributed by atoms with Crippen molar-refractivity contribution in [1.82, 2.24) is 30.0 Å². The van der Waals surface area contributed by atoms with E-state index in [1.54, 1.807) is 6.07 Å². The molecule has 3 N–H and O–H groups in total. The molecule has 2 aliphatic heterocycles. The van der Waals surface area contributed by atoms with Crippen LogP contribution in [0.3, 0.4) is 0 Å². The van der Waals surface area contributed by atoms with E-state index in [1.807, 2.05) is 60.4 Å². The zero-order valence-corrected chi connectivity index (χ0v) is 26.3. The molecule has 44 heavy (non-hydrogen) atoms. The molecule has 1 aromatic heterocycles. The maximum absolute atomic E-state index is 12.7. The van der Waals surface area contributed by atoms with Gasteiger partial charge in [0.1, 0.15) is 11.4 Å². The first-order valence-electron chi connectivity index (χ1n) is 15.8. The fourth-order valence-corrected chi connectivity index (χ4v) is 6.06. The average molecular weight is 599 g/mol. The maximum Gasteiger partial charge on any atom is 0.410 e. The maximum atomic E-state index is 12.7. The zero-order valence-electron chi connectivity index (χ0n) is 26.3. The number of benzene rings is 1. The van der Waals surface area contributed by atoms with Gasteiger partial charge in [0.25, 0.3) is 0 Å². The Labute approximate surface area is 261 Å². The number of imidazole rings is 1. The van der Waals surface area contributed by atoms with E-state index in [2.05, 4.69) is 46.2 Å². The number of hydrogen-bond acceptors (Lipinski definition) is 7. The molecule has 0 spiro atoms. The van der Waals surface area contributed by atoms with E-state index < -0.39 is 0 Å². The van der Waals surface area contributed by atoms with E-state index in [-0.39, 0.29) is 23.5 Å². The molecule has 3 heterocycles. The predicted octanol–water partition coefficient (Wildman–Crippen LogP) is 5.39. The number of allylic oxidation sites excluding steroid dienone is 3. The van der Waals surface area contributed by atoms with Crippen LogP contribution in [0, 0.1) is 5.41 Å². The van der Waals surface area contributed by atoms with Crippen LogP contribution in [0.4, 0.5) is 4.79 Å². The highest BCUT2D eigenvalue weighted by Crippen LogP contribution is 2.50. The lowest BCUT2D eigenvalue weighted by atomic mass is 9.89. The van der Waals surface area contributed by atoms with Gasteiger partial charge < -0.3 is 29.9 Å². The minimum Gasteiger partial charge on any atom is -0.508 e. The van der Waals surface area contributed by atoms with Crippen molar-refractivity contribution in [3.63, 3.8) is 0 Å². The molecule has 2 aromatic rings. The lowest BCUT2D eigenvalue weighted by molar-refractivity contribution is 0.0416. The van der Waals surface area contributed by atoms with Crippen LogP contribution < -0.4 is 10.6 Å². The number of aryl methyl sites for hydroxylation is 1. The van der Waals surface area contributed by atoms with Gasteiger partial charge in [0, 0.05) is 52.0 Å². The Morgan fingerprint density at radius 2 is 1.98 bits per heavy atom. The summed E-state index contributed by atoms with van der Waals surface area (Å²) in [5, 5.41) is 17.9. The topological polar surface area (TPSA) is 94.9 Å². The summed E-state index contributed by atoms with van der Waals surface area (Å²) in [5.74, 6) is 0.222. The van der Waals surface area contributed by atoms with Crippen LogP contribution in [-0.2, 0) is 18.3 Å². The molecule has 234 valence electrons. The van der Waals surface area contributed by atoms with Crippen LogP contribution in [0.2, 0.25) is 0 Å². The van der Waals surface area contributed by atoms with E-state index >= 15 is 0 Å². The van der Waals surface area contributed by atoms with Gasteiger partial charge >= 0.3 is 6.09 Å². The summed E-state index contributed by atoms with van der Waals surface area (Å²) in [6.45, 7) is 13.0. The number of aromatic nitrogens is 2. The van der Waals surface area contributed by atoms with Gasteiger partial charge in [-0.15, -0.1) is 0 Å². The van der Waals surface area contributed by atoms with Crippen LogP contribution >= 0.6 is 0 Å². The van der Waals surface area contributed by atoms with Gasteiger partial charge in [0.05, 0.1) is 24.3 Å². The summed E-state index contributed by atoms with van der Waals surface area (Å²) in [6.07, 6.45) is 17.1. The number of nitrogens with one attached hydrogen (secondary N) is 2. The molecular formula is C35H46N6O3. The fourth-order valence-electron chi connectivity index (χ4n) is 6.06. The van der Waals surface area contributed by atoms with Gasteiger partial charge in [0.2, 0.25) is 0 Å². The number of nitrogens with zero attached hydrogens (tertiary/aromatic N) is 4. The SMILES string of the molecule is C=C(CC1(C)CC1)NC(/C(=C/C1=CC=CNC1)c1cc(O)ccc1CN1CCN(C(=O)OC2(C)CC2)CC1)c1cncn1C. The van der Waals surface area contributed by atoms with Crippen molar-refractivity contribution in [2.45, 2.75) is 64.1 Å². The molecule has 0 radical (unpaired) electrons. The van der Waals surface area contributed by atoms with Gasteiger partial charge in [-0.05, 0) is 91.1 Å². The van der Waals surface area contributed by atoms with Crippen molar-refractivity contribution in [2.24, 2.45) is 12.5 Å². The first-order chi connectivity index (χ1) is 21.1. The van der Waals surface area contributed by atoms with E-state index in [0.717, 1.165) is 66.0 Å². The van der Waals surface area contributed by atoms with Crippen LogP contribution in [0.25, 0.3) is 5.57 Å². The van der Waals surface area contributed by atoms with Gasteiger partial charge in [-0.3, -0.25) is 4.90 Å². The predicted molar refractivity (Wildman–Crippen MR) is 172 cm³/mol. The first kappa shape index (κ1) is 30.1. The Morgan fingerprint density at radius 1 is 1.20 bits per heavy atom. The largest absolute Gasteiger partial charge is 0.508 e. The molecule has 1 unspecified atom stereocenters. The first-order valence-corrected chi connectivity index (χ1v) is 15.8. The smallest absolute Gasteiger partial charge is 0.410 e. The number of amides is 1. The third-order valence-corrected chi connectivity index (χ3v) is 9.44. The van der Waals surface area contributed by atoms with Crippen molar-refractivity contribution in [3.8, 4) is 5.75 Å². The average Bonchev–Trinajstić information content (AvgIpc) is 3.88. The molecule has 0 bridgehead atoms. The highest BCUT2D eigenvalue weighted by Gasteiger charge is 2.43. The Balaban J connectivity index is 1.30. The summed E-state index contributed by atoms with van der Waals surface area (Å²) >= 11 is 0. The van der Waals surface area contributed by atoms with Crippen LogP contribution in [0.5, 0.6) is 5.75 Å². The quantitative estimate of drug-likeness (QED) is 0.319. The number of phenols is 1. The van der Waals surface area contributed by atoms with E-state index in [4.69, 9.17) is 4.74 Å². The van der Waals surface area contributed by atoms with Gasteiger partial charge in [-0.2, -0.15) is 0 Å². The van der Waals surface area contributed by atoms with Crippen LogP contribution in [-0.4, -0.2) is 68.9 Å².